The van der Waals surface area contributed by atoms with Gasteiger partial charge in [0, 0.05) is 29.2 Å². The van der Waals surface area contributed by atoms with E-state index >= 15 is 0 Å². The Kier molecular flexibility index (Phi) is 14.7. The molecule has 0 aliphatic carbocycles. The van der Waals surface area contributed by atoms with Crippen molar-refractivity contribution in [3.63, 3.8) is 0 Å². The number of rotatable bonds is 10. The second kappa shape index (κ2) is 15.3. The van der Waals surface area contributed by atoms with E-state index in [9.17, 15) is 0 Å². The van der Waals surface area contributed by atoms with E-state index in [4.69, 9.17) is 10.2 Å². The molecule has 2 rings (SSSR count). The summed E-state index contributed by atoms with van der Waals surface area (Å²) in [4.78, 5) is 0. The van der Waals surface area contributed by atoms with Gasteiger partial charge in [0.15, 0.2) is 0 Å². The zero-order chi connectivity index (χ0) is 17.6. The number of nitrogens with one attached hydrogen (secondary N) is 2. The predicted molar refractivity (Wildman–Crippen MR) is 100 cm³/mol. The molecule has 25 heavy (non-hydrogen) atoms. The molecule has 0 aliphatic heterocycles. The number of hydrogen-bond donors (Lipinski definition) is 4. The van der Waals surface area contributed by atoms with Crippen LogP contribution in [0.25, 0.3) is 0 Å². The van der Waals surface area contributed by atoms with Crippen molar-refractivity contribution in [2.75, 3.05) is 13.2 Å². The SMILES string of the molecule is CC[C@@H](CO)NC[c-]1[cH-][cH-][cH-][cH-]1.CC[C@@H](CO)NC[c-]1cccc1.[Fe]. The van der Waals surface area contributed by atoms with Gasteiger partial charge < -0.3 is 50.7 Å². The quantitative estimate of drug-likeness (QED) is 0.373. The molecule has 4 N–H and O–H groups in total. The maximum atomic E-state index is 8.89. The minimum Gasteiger partial charge on any atom is -0.748 e. The van der Waals surface area contributed by atoms with E-state index < -0.39 is 0 Å². The fraction of sp³-hybridized carbons (Fsp3) is 0.500. The van der Waals surface area contributed by atoms with E-state index in [0.29, 0.717) is 0 Å². The summed E-state index contributed by atoms with van der Waals surface area (Å²) >= 11 is 0. The van der Waals surface area contributed by atoms with Crippen molar-refractivity contribution in [1.29, 1.82) is 0 Å². The van der Waals surface area contributed by atoms with Crippen LogP contribution in [0.5, 0.6) is 0 Å². The third-order valence-electron chi connectivity index (χ3n) is 4.08. The van der Waals surface area contributed by atoms with Gasteiger partial charge in [-0.3, -0.25) is 0 Å². The van der Waals surface area contributed by atoms with Crippen LogP contribution in [-0.2, 0) is 30.2 Å². The van der Waals surface area contributed by atoms with Crippen molar-refractivity contribution < 1.29 is 27.3 Å². The van der Waals surface area contributed by atoms with Crippen LogP contribution in [0.1, 0.15) is 37.8 Å². The predicted octanol–water partition coefficient (Wildman–Crippen LogP) is 2.53. The van der Waals surface area contributed by atoms with Crippen molar-refractivity contribution in [1.82, 2.24) is 10.6 Å². The summed E-state index contributed by atoms with van der Waals surface area (Å²) in [7, 11) is 0. The Morgan fingerprint density at radius 1 is 0.880 bits per heavy atom. The molecule has 148 valence electrons. The van der Waals surface area contributed by atoms with Gasteiger partial charge in [0.1, 0.15) is 0 Å². The first-order valence-electron chi connectivity index (χ1n) is 8.83. The molecule has 4 nitrogen and oxygen atoms in total. The van der Waals surface area contributed by atoms with Gasteiger partial charge in [0.2, 0.25) is 0 Å². The summed E-state index contributed by atoms with van der Waals surface area (Å²) in [6.07, 6.45) is 1.94. The van der Waals surface area contributed by atoms with Gasteiger partial charge in [-0.1, -0.05) is 13.8 Å². The first-order valence-corrected chi connectivity index (χ1v) is 8.83. The van der Waals surface area contributed by atoms with Crippen LogP contribution in [0.15, 0.2) is 48.5 Å². The normalized spacial score (nSPS) is 12.6. The van der Waals surface area contributed by atoms with Crippen LogP contribution < -0.4 is 10.6 Å². The Bertz CT molecular complexity index is 432. The maximum absolute atomic E-state index is 8.89. The molecule has 0 amide bonds. The molecule has 0 aromatic heterocycles. The molecule has 5 heteroatoms. The Labute approximate surface area is 162 Å². The maximum Gasteiger partial charge on any atom is 0.0584 e. The molecule has 0 unspecified atom stereocenters. The van der Waals surface area contributed by atoms with E-state index in [-0.39, 0.29) is 42.4 Å². The summed E-state index contributed by atoms with van der Waals surface area (Å²) in [5, 5.41) is 24.3. The van der Waals surface area contributed by atoms with Crippen LogP contribution >= 0.6 is 0 Å². The summed E-state index contributed by atoms with van der Waals surface area (Å²) in [5.74, 6) is 0. The second-order valence-corrected chi connectivity index (χ2v) is 5.92. The fourth-order valence-corrected chi connectivity index (χ4v) is 2.26. The molecule has 0 aliphatic rings. The average Bonchev–Trinajstić information content (AvgIpc) is 3.31. The number of aliphatic hydroxyl groups excluding tert-OH is 2. The van der Waals surface area contributed by atoms with Crippen LogP contribution in [-0.4, -0.2) is 35.5 Å². The van der Waals surface area contributed by atoms with Crippen LogP contribution in [0.4, 0.5) is 0 Å². The zero-order valence-corrected chi connectivity index (χ0v) is 16.4. The molecular formula is C20H32FeN2O2-6. The molecule has 0 saturated heterocycles. The average molecular weight is 388 g/mol. The molecule has 2 aromatic carbocycles. The monoisotopic (exact) mass is 388 g/mol. The minimum atomic E-state index is 0. The summed E-state index contributed by atoms with van der Waals surface area (Å²) in [6, 6.07) is 16.9. The standard InChI is InChI=1S/2C10H16NO.Fe/c2*1-2-10(8-12)11-7-9-5-3-4-6-9;/h2*3-6,10-12H,2,7-8H2,1H3;/q-5;-1;/t2*10-;/m00./s1. The van der Waals surface area contributed by atoms with Crippen molar-refractivity contribution in [2.45, 2.75) is 51.9 Å². The summed E-state index contributed by atoms with van der Waals surface area (Å²) in [6.45, 7) is 6.28. The molecule has 0 radical (unpaired) electrons. The first-order chi connectivity index (χ1) is 11.7. The van der Waals surface area contributed by atoms with Crippen LogP contribution in [0.3, 0.4) is 0 Å². The second-order valence-electron chi connectivity index (χ2n) is 5.92. The summed E-state index contributed by atoms with van der Waals surface area (Å²) in [5.41, 5.74) is 2.56. The van der Waals surface area contributed by atoms with E-state index in [2.05, 4.69) is 48.7 Å². The molecule has 2 atom stereocenters. The molecular weight excluding hydrogens is 356 g/mol. The van der Waals surface area contributed by atoms with Gasteiger partial charge in [-0.15, -0.1) is 5.56 Å². The van der Waals surface area contributed by atoms with Crippen molar-refractivity contribution in [3.8, 4) is 0 Å². The Balaban J connectivity index is 0.000000443. The number of hydrogen-bond acceptors (Lipinski definition) is 4. The summed E-state index contributed by atoms with van der Waals surface area (Å²) < 4.78 is 0. The van der Waals surface area contributed by atoms with Gasteiger partial charge >= 0.3 is 0 Å². The molecule has 2 aromatic rings. The van der Waals surface area contributed by atoms with Crippen molar-refractivity contribution >= 4 is 0 Å². The zero-order valence-electron chi connectivity index (χ0n) is 15.3. The van der Waals surface area contributed by atoms with E-state index in [1.165, 1.54) is 11.1 Å². The Morgan fingerprint density at radius 2 is 1.36 bits per heavy atom. The van der Waals surface area contributed by atoms with E-state index in [0.717, 1.165) is 25.9 Å². The molecule has 0 saturated carbocycles. The van der Waals surface area contributed by atoms with Gasteiger partial charge in [-0.25, -0.2) is 12.1 Å². The van der Waals surface area contributed by atoms with E-state index in [1.807, 2.05) is 24.3 Å². The minimum absolute atomic E-state index is 0. The molecule has 0 heterocycles. The van der Waals surface area contributed by atoms with Gasteiger partial charge in [0.25, 0.3) is 0 Å². The molecule has 0 fully saturated rings. The molecule has 0 bridgehead atoms. The Morgan fingerprint density at radius 3 is 1.80 bits per heavy atom. The third-order valence-corrected chi connectivity index (χ3v) is 4.08. The van der Waals surface area contributed by atoms with Crippen molar-refractivity contribution in [2.24, 2.45) is 0 Å². The van der Waals surface area contributed by atoms with E-state index in [1.54, 1.807) is 0 Å². The van der Waals surface area contributed by atoms with Crippen LogP contribution in [0, 0.1) is 0 Å². The van der Waals surface area contributed by atoms with Crippen LogP contribution in [0.2, 0.25) is 0 Å². The van der Waals surface area contributed by atoms with Crippen molar-refractivity contribution in [3.05, 3.63) is 59.7 Å². The Hall–Kier alpha value is -0.941. The first kappa shape index (κ1) is 24.1. The van der Waals surface area contributed by atoms with Gasteiger partial charge in [-0.05, 0) is 19.4 Å². The largest absolute Gasteiger partial charge is 0.748 e. The van der Waals surface area contributed by atoms with Gasteiger partial charge in [-0.2, -0.15) is 18.7 Å². The topological polar surface area (TPSA) is 64.5 Å². The smallest absolute Gasteiger partial charge is 0.0584 e. The fourth-order valence-electron chi connectivity index (χ4n) is 2.26. The molecule has 0 spiro atoms. The van der Waals surface area contributed by atoms with Gasteiger partial charge in [0.05, 0.1) is 13.2 Å². The number of aliphatic hydroxyl groups is 2. The third kappa shape index (κ3) is 10.6.